The van der Waals surface area contributed by atoms with Crippen LogP contribution in [0.3, 0.4) is 0 Å². The summed E-state index contributed by atoms with van der Waals surface area (Å²) in [6, 6.07) is 9.89. The van der Waals surface area contributed by atoms with Crippen molar-refractivity contribution in [3.63, 3.8) is 0 Å². The maximum absolute atomic E-state index is 12.4. The Bertz CT molecular complexity index is 669. The third-order valence-corrected chi connectivity index (χ3v) is 4.22. The second-order valence-electron chi connectivity index (χ2n) is 6.43. The third-order valence-electron chi connectivity index (χ3n) is 4.22. The van der Waals surface area contributed by atoms with Crippen LogP contribution in [0.2, 0.25) is 0 Å². The van der Waals surface area contributed by atoms with Crippen LogP contribution in [0.1, 0.15) is 36.5 Å². The lowest BCUT2D eigenvalue weighted by atomic mass is 9.89. The lowest BCUT2D eigenvalue weighted by molar-refractivity contribution is -0.120. The number of nitrogens with zero attached hydrogens (tertiary/aromatic N) is 1. The number of carbonyl (C=O) groups is 1. The van der Waals surface area contributed by atoms with E-state index < -0.39 is 0 Å². The van der Waals surface area contributed by atoms with E-state index in [1.165, 1.54) is 0 Å². The molecule has 1 unspecified atom stereocenters. The van der Waals surface area contributed by atoms with Crippen molar-refractivity contribution in [2.75, 3.05) is 13.7 Å². The van der Waals surface area contributed by atoms with Crippen LogP contribution in [0.25, 0.3) is 0 Å². The Morgan fingerprint density at radius 3 is 2.71 bits per heavy atom. The van der Waals surface area contributed by atoms with Crippen molar-refractivity contribution in [3.05, 3.63) is 59.4 Å². The first-order valence-electron chi connectivity index (χ1n) is 8.31. The van der Waals surface area contributed by atoms with Gasteiger partial charge in [-0.1, -0.05) is 37.6 Å². The van der Waals surface area contributed by atoms with Crippen molar-refractivity contribution in [1.29, 1.82) is 0 Å². The standard InChI is InChI=1S/C20H26N2O2/c1-14(2)18(16-6-5-9-21-12-16)13-22-20(23)11-17-10-15(3)7-8-19(17)24-4/h5-10,12,14,18H,11,13H2,1-4H3,(H,22,23). The van der Waals surface area contributed by atoms with Crippen LogP contribution in [0.15, 0.2) is 42.7 Å². The zero-order valence-electron chi connectivity index (χ0n) is 14.9. The predicted octanol–water partition coefficient (Wildman–Crippen LogP) is 3.50. The number of hydrogen-bond donors (Lipinski definition) is 1. The number of carbonyl (C=O) groups excluding carboxylic acids is 1. The van der Waals surface area contributed by atoms with Crippen LogP contribution in [-0.2, 0) is 11.2 Å². The van der Waals surface area contributed by atoms with Crippen molar-refractivity contribution < 1.29 is 9.53 Å². The van der Waals surface area contributed by atoms with Crippen LogP contribution in [0, 0.1) is 12.8 Å². The molecule has 0 aliphatic carbocycles. The summed E-state index contributed by atoms with van der Waals surface area (Å²) < 4.78 is 5.35. The molecule has 24 heavy (non-hydrogen) atoms. The van der Waals surface area contributed by atoms with Gasteiger partial charge in [-0.05, 0) is 30.5 Å². The molecule has 0 fully saturated rings. The third kappa shape index (κ3) is 4.82. The van der Waals surface area contributed by atoms with E-state index in [1.54, 1.807) is 13.3 Å². The van der Waals surface area contributed by atoms with Crippen LogP contribution in [0.5, 0.6) is 5.75 Å². The summed E-state index contributed by atoms with van der Waals surface area (Å²) in [5.74, 6) is 1.43. The number of hydrogen-bond acceptors (Lipinski definition) is 3. The van der Waals surface area contributed by atoms with E-state index in [2.05, 4.69) is 30.2 Å². The lowest BCUT2D eigenvalue weighted by Gasteiger charge is -2.21. The number of rotatable bonds is 7. The molecule has 0 spiro atoms. The van der Waals surface area contributed by atoms with Crippen LogP contribution >= 0.6 is 0 Å². The van der Waals surface area contributed by atoms with E-state index in [0.29, 0.717) is 18.9 Å². The number of nitrogens with one attached hydrogen (secondary N) is 1. The first-order chi connectivity index (χ1) is 11.5. The molecule has 1 atom stereocenters. The predicted molar refractivity (Wildman–Crippen MR) is 96.3 cm³/mol. The van der Waals surface area contributed by atoms with Gasteiger partial charge in [0.15, 0.2) is 0 Å². The number of aryl methyl sites for hydroxylation is 1. The summed E-state index contributed by atoms with van der Waals surface area (Å²) in [5, 5.41) is 3.06. The zero-order valence-corrected chi connectivity index (χ0v) is 14.9. The molecular formula is C20H26N2O2. The van der Waals surface area contributed by atoms with Gasteiger partial charge in [0, 0.05) is 30.4 Å². The monoisotopic (exact) mass is 326 g/mol. The Morgan fingerprint density at radius 2 is 2.08 bits per heavy atom. The van der Waals surface area contributed by atoms with Gasteiger partial charge in [0.2, 0.25) is 5.91 Å². The number of pyridine rings is 1. The molecule has 4 nitrogen and oxygen atoms in total. The van der Waals surface area contributed by atoms with Gasteiger partial charge in [-0.25, -0.2) is 0 Å². The maximum atomic E-state index is 12.4. The molecule has 1 aromatic heterocycles. The second kappa shape index (κ2) is 8.48. The fourth-order valence-electron chi connectivity index (χ4n) is 2.84. The molecule has 0 radical (unpaired) electrons. The molecule has 128 valence electrons. The maximum Gasteiger partial charge on any atom is 0.224 e. The normalized spacial score (nSPS) is 12.0. The van der Waals surface area contributed by atoms with E-state index >= 15 is 0 Å². The lowest BCUT2D eigenvalue weighted by Crippen LogP contribution is -2.31. The Labute approximate surface area is 144 Å². The molecule has 1 amide bonds. The highest BCUT2D eigenvalue weighted by atomic mass is 16.5. The Hall–Kier alpha value is -2.36. The van der Waals surface area contributed by atoms with Crippen molar-refractivity contribution in [2.24, 2.45) is 5.92 Å². The number of ether oxygens (including phenoxy) is 1. The minimum Gasteiger partial charge on any atom is -0.496 e. The largest absolute Gasteiger partial charge is 0.496 e. The summed E-state index contributed by atoms with van der Waals surface area (Å²) in [6.07, 6.45) is 3.96. The van der Waals surface area contributed by atoms with Crippen molar-refractivity contribution in [3.8, 4) is 5.75 Å². The van der Waals surface area contributed by atoms with Crippen molar-refractivity contribution in [2.45, 2.75) is 33.1 Å². The minimum atomic E-state index is 0.00782. The Kier molecular flexibility index (Phi) is 6.36. The molecule has 1 N–H and O–H groups in total. The molecule has 1 heterocycles. The molecule has 0 aliphatic rings. The van der Waals surface area contributed by atoms with E-state index in [-0.39, 0.29) is 11.8 Å². The van der Waals surface area contributed by atoms with Crippen LogP contribution in [-0.4, -0.2) is 24.5 Å². The average Bonchev–Trinajstić information content (AvgIpc) is 2.56. The van der Waals surface area contributed by atoms with Gasteiger partial charge in [0.1, 0.15) is 5.75 Å². The molecule has 2 rings (SSSR count). The molecule has 1 aromatic carbocycles. The molecule has 2 aromatic rings. The highest BCUT2D eigenvalue weighted by molar-refractivity contribution is 5.79. The summed E-state index contributed by atoms with van der Waals surface area (Å²) in [6.45, 7) is 6.94. The number of amides is 1. The highest BCUT2D eigenvalue weighted by Crippen LogP contribution is 2.23. The first kappa shape index (κ1) is 18.0. The second-order valence-corrected chi connectivity index (χ2v) is 6.43. The minimum absolute atomic E-state index is 0.00782. The number of aromatic nitrogens is 1. The van der Waals surface area contributed by atoms with Crippen LogP contribution < -0.4 is 10.1 Å². The SMILES string of the molecule is COc1ccc(C)cc1CC(=O)NCC(c1cccnc1)C(C)C. The average molecular weight is 326 g/mol. The molecule has 4 heteroatoms. The van der Waals surface area contributed by atoms with Crippen LogP contribution in [0.4, 0.5) is 0 Å². The van der Waals surface area contributed by atoms with E-state index in [1.807, 2.05) is 37.4 Å². The van der Waals surface area contributed by atoms with E-state index in [9.17, 15) is 4.79 Å². The van der Waals surface area contributed by atoms with E-state index in [0.717, 1.165) is 22.4 Å². The quantitative estimate of drug-likeness (QED) is 0.847. The molecule has 0 saturated carbocycles. The summed E-state index contributed by atoms with van der Waals surface area (Å²) >= 11 is 0. The summed E-state index contributed by atoms with van der Waals surface area (Å²) in [4.78, 5) is 16.6. The molecule has 0 bridgehead atoms. The smallest absolute Gasteiger partial charge is 0.224 e. The first-order valence-corrected chi connectivity index (χ1v) is 8.31. The van der Waals surface area contributed by atoms with Crippen molar-refractivity contribution in [1.82, 2.24) is 10.3 Å². The van der Waals surface area contributed by atoms with Gasteiger partial charge in [0.05, 0.1) is 13.5 Å². The van der Waals surface area contributed by atoms with Gasteiger partial charge >= 0.3 is 0 Å². The fraction of sp³-hybridized carbons (Fsp3) is 0.400. The number of methoxy groups -OCH3 is 1. The van der Waals surface area contributed by atoms with Gasteiger partial charge in [-0.2, -0.15) is 0 Å². The Morgan fingerprint density at radius 1 is 1.29 bits per heavy atom. The van der Waals surface area contributed by atoms with Crippen molar-refractivity contribution >= 4 is 5.91 Å². The Balaban J connectivity index is 2.00. The summed E-state index contributed by atoms with van der Waals surface area (Å²) in [5.41, 5.74) is 3.19. The van der Waals surface area contributed by atoms with Gasteiger partial charge in [0.25, 0.3) is 0 Å². The molecule has 0 saturated heterocycles. The van der Waals surface area contributed by atoms with Gasteiger partial charge < -0.3 is 10.1 Å². The fourth-order valence-corrected chi connectivity index (χ4v) is 2.84. The molecular weight excluding hydrogens is 300 g/mol. The topological polar surface area (TPSA) is 51.2 Å². The summed E-state index contributed by atoms with van der Waals surface area (Å²) in [7, 11) is 1.63. The highest BCUT2D eigenvalue weighted by Gasteiger charge is 2.17. The zero-order chi connectivity index (χ0) is 17.5. The number of benzene rings is 1. The molecule has 0 aliphatic heterocycles. The van der Waals surface area contributed by atoms with Gasteiger partial charge in [-0.3, -0.25) is 9.78 Å². The van der Waals surface area contributed by atoms with Gasteiger partial charge in [-0.15, -0.1) is 0 Å². The van der Waals surface area contributed by atoms with E-state index in [4.69, 9.17) is 4.74 Å².